The summed E-state index contributed by atoms with van der Waals surface area (Å²) in [6.45, 7) is 10.8. The number of piperidine rings is 1. The molecule has 0 spiro atoms. The van der Waals surface area contributed by atoms with Gasteiger partial charge in [0.1, 0.15) is 5.82 Å². The molecule has 2 fully saturated rings. The van der Waals surface area contributed by atoms with E-state index in [1.807, 2.05) is 6.92 Å². The van der Waals surface area contributed by atoms with Crippen LogP contribution in [-0.2, 0) is 4.74 Å². The second-order valence-electron chi connectivity index (χ2n) is 8.23. The van der Waals surface area contributed by atoms with Gasteiger partial charge in [-0.05, 0) is 52.2 Å². The molecule has 30 heavy (non-hydrogen) atoms. The SMILES string of the molecule is CCN=C(NC1CCN(CCOC(C)C)CC1)NC1CC1c1c(F)cccc1Cl.I. The quantitative estimate of drug-likeness (QED) is 0.285. The van der Waals surface area contributed by atoms with Crippen LogP contribution < -0.4 is 10.6 Å². The third-order valence-corrected chi connectivity index (χ3v) is 5.92. The topological polar surface area (TPSA) is 48.9 Å². The summed E-state index contributed by atoms with van der Waals surface area (Å²) in [5.41, 5.74) is 0.624. The van der Waals surface area contributed by atoms with Gasteiger partial charge in [0.25, 0.3) is 0 Å². The first-order chi connectivity index (χ1) is 14.0. The minimum atomic E-state index is -0.220. The lowest BCUT2D eigenvalue weighted by molar-refractivity contribution is 0.0532. The van der Waals surface area contributed by atoms with Crippen LogP contribution in [0.5, 0.6) is 0 Å². The third kappa shape index (κ3) is 7.50. The number of likely N-dealkylation sites (tertiary alicyclic amines) is 1. The highest BCUT2D eigenvalue weighted by molar-refractivity contribution is 14.0. The van der Waals surface area contributed by atoms with Crippen molar-refractivity contribution in [1.82, 2.24) is 15.5 Å². The highest BCUT2D eigenvalue weighted by Gasteiger charge is 2.42. The van der Waals surface area contributed by atoms with Crippen molar-refractivity contribution in [2.24, 2.45) is 4.99 Å². The number of hydrogen-bond donors (Lipinski definition) is 2. The molecule has 1 aromatic carbocycles. The maximum atomic E-state index is 14.2. The summed E-state index contributed by atoms with van der Waals surface area (Å²) in [6, 6.07) is 5.48. The van der Waals surface area contributed by atoms with Crippen molar-refractivity contribution in [3.05, 3.63) is 34.6 Å². The fraction of sp³-hybridized carbons (Fsp3) is 0.682. The molecule has 0 amide bonds. The monoisotopic (exact) mass is 552 g/mol. The van der Waals surface area contributed by atoms with Crippen LogP contribution >= 0.6 is 35.6 Å². The number of halogens is 3. The first kappa shape index (κ1) is 25.6. The Balaban J connectivity index is 0.00000320. The zero-order valence-corrected chi connectivity index (χ0v) is 21.3. The number of benzene rings is 1. The van der Waals surface area contributed by atoms with E-state index in [4.69, 9.17) is 16.3 Å². The molecule has 1 saturated carbocycles. The molecule has 2 atom stereocenters. The van der Waals surface area contributed by atoms with Crippen molar-refractivity contribution in [2.45, 2.75) is 64.1 Å². The van der Waals surface area contributed by atoms with Crippen molar-refractivity contribution in [2.75, 3.05) is 32.8 Å². The van der Waals surface area contributed by atoms with E-state index < -0.39 is 0 Å². The van der Waals surface area contributed by atoms with Gasteiger partial charge in [-0.25, -0.2) is 4.39 Å². The summed E-state index contributed by atoms with van der Waals surface area (Å²) in [4.78, 5) is 7.05. The Kier molecular flexibility index (Phi) is 10.6. The van der Waals surface area contributed by atoms with Gasteiger partial charge in [-0.15, -0.1) is 24.0 Å². The van der Waals surface area contributed by atoms with Gasteiger partial charge in [0.05, 0.1) is 12.7 Å². The van der Waals surface area contributed by atoms with Crippen LogP contribution in [0, 0.1) is 5.82 Å². The van der Waals surface area contributed by atoms with Gasteiger partial charge in [-0.2, -0.15) is 0 Å². The zero-order valence-electron chi connectivity index (χ0n) is 18.2. The second kappa shape index (κ2) is 12.4. The van der Waals surface area contributed by atoms with E-state index in [-0.39, 0.29) is 41.8 Å². The summed E-state index contributed by atoms with van der Waals surface area (Å²) < 4.78 is 19.8. The largest absolute Gasteiger partial charge is 0.377 e. The van der Waals surface area contributed by atoms with Crippen molar-refractivity contribution in [3.63, 3.8) is 0 Å². The maximum Gasteiger partial charge on any atom is 0.191 e. The van der Waals surface area contributed by atoms with Crippen LogP contribution in [-0.4, -0.2) is 61.8 Å². The average Bonchev–Trinajstić information content (AvgIpc) is 3.41. The van der Waals surface area contributed by atoms with E-state index in [1.165, 1.54) is 6.07 Å². The van der Waals surface area contributed by atoms with Crippen LogP contribution in [0.25, 0.3) is 0 Å². The Morgan fingerprint density at radius 1 is 1.30 bits per heavy atom. The number of rotatable bonds is 8. The van der Waals surface area contributed by atoms with E-state index >= 15 is 0 Å². The lowest BCUT2D eigenvalue weighted by Crippen LogP contribution is -2.49. The normalized spacial score (nSPS) is 22.7. The van der Waals surface area contributed by atoms with Gasteiger partial charge >= 0.3 is 0 Å². The van der Waals surface area contributed by atoms with Crippen molar-refractivity contribution >= 4 is 41.5 Å². The molecule has 2 unspecified atom stereocenters. The molecule has 1 aliphatic heterocycles. The minimum Gasteiger partial charge on any atom is -0.377 e. The minimum absolute atomic E-state index is 0. The van der Waals surface area contributed by atoms with E-state index in [0.717, 1.165) is 51.5 Å². The first-order valence-corrected chi connectivity index (χ1v) is 11.2. The Hall–Kier alpha value is -0.640. The molecule has 2 aliphatic rings. The van der Waals surface area contributed by atoms with E-state index in [2.05, 4.69) is 34.4 Å². The molecule has 3 rings (SSSR count). The molecule has 170 valence electrons. The van der Waals surface area contributed by atoms with Gasteiger partial charge in [-0.1, -0.05) is 17.7 Å². The van der Waals surface area contributed by atoms with Crippen molar-refractivity contribution < 1.29 is 9.13 Å². The summed E-state index contributed by atoms with van der Waals surface area (Å²) in [5.74, 6) is 0.715. The van der Waals surface area contributed by atoms with Gasteiger partial charge in [0.15, 0.2) is 5.96 Å². The number of guanidine groups is 1. The first-order valence-electron chi connectivity index (χ1n) is 10.8. The smallest absolute Gasteiger partial charge is 0.191 e. The molecule has 1 aromatic rings. The fourth-order valence-electron chi connectivity index (χ4n) is 3.92. The Morgan fingerprint density at radius 3 is 2.67 bits per heavy atom. The number of nitrogens with one attached hydrogen (secondary N) is 2. The molecular formula is C22H35ClFIN4O. The van der Waals surface area contributed by atoms with Crippen molar-refractivity contribution in [3.8, 4) is 0 Å². The number of aliphatic imine (C=N–C) groups is 1. The maximum absolute atomic E-state index is 14.2. The lowest BCUT2D eigenvalue weighted by Gasteiger charge is -2.33. The molecule has 0 aromatic heterocycles. The van der Waals surface area contributed by atoms with Gasteiger partial charge in [0.2, 0.25) is 0 Å². The summed E-state index contributed by atoms with van der Waals surface area (Å²) in [7, 11) is 0. The molecule has 5 nitrogen and oxygen atoms in total. The van der Waals surface area contributed by atoms with E-state index in [9.17, 15) is 4.39 Å². The van der Waals surface area contributed by atoms with Crippen LogP contribution in [0.1, 0.15) is 51.5 Å². The summed E-state index contributed by atoms with van der Waals surface area (Å²) in [6.07, 6.45) is 3.33. The molecule has 1 saturated heterocycles. The standard InChI is InChI=1S/C22H34ClFN4O.HI/c1-4-25-22(26-16-8-10-28(11-9-16)12-13-29-15(2)3)27-20-14-17(20)21-18(23)6-5-7-19(21)24;/h5-7,15-17,20H,4,8-14H2,1-3H3,(H2,25,26,27);1H. The molecule has 1 aliphatic carbocycles. The Morgan fingerprint density at radius 2 is 2.03 bits per heavy atom. The summed E-state index contributed by atoms with van der Waals surface area (Å²) in [5, 5.41) is 7.57. The highest BCUT2D eigenvalue weighted by atomic mass is 127. The lowest BCUT2D eigenvalue weighted by atomic mass is 10.1. The molecular weight excluding hydrogens is 518 g/mol. The molecule has 0 bridgehead atoms. The summed E-state index contributed by atoms with van der Waals surface area (Å²) >= 11 is 6.22. The molecule has 0 radical (unpaired) electrons. The zero-order chi connectivity index (χ0) is 20.8. The third-order valence-electron chi connectivity index (χ3n) is 5.59. The van der Waals surface area contributed by atoms with Gasteiger partial charge in [-0.3, -0.25) is 4.99 Å². The predicted octanol–water partition coefficient (Wildman–Crippen LogP) is 4.40. The van der Waals surface area contributed by atoms with Crippen LogP contribution in [0.4, 0.5) is 4.39 Å². The second-order valence-corrected chi connectivity index (χ2v) is 8.64. The fourth-order valence-corrected chi connectivity index (χ4v) is 4.22. The van der Waals surface area contributed by atoms with Crippen molar-refractivity contribution in [1.29, 1.82) is 0 Å². The van der Waals surface area contributed by atoms with Crippen LogP contribution in [0.3, 0.4) is 0 Å². The molecule has 1 heterocycles. The van der Waals surface area contributed by atoms with E-state index in [0.29, 0.717) is 29.3 Å². The number of ether oxygens (including phenoxy) is 1. The molecule has 8 heteroatoms. The Labute approximate surface area is 202 Å². The number of nitrogens with zero attached hydrogens (tertiary/aromatic N) is 2. The number of hydrogen-bond acceptors (Lipinski definition) is 3. The predicted molar refractivity (Wildman–Crippen MR) is 133 cm³/mol. The average molecular weight is 553 g/mol. The van der Waals surface area contributed by atoms with Gasteiger partial charge in [0, 0.05) is 54.8 Å². The Bertz CT molecular complexity index is 677. The van der Waals surface area contributed by atoms with Crippen LogP contribution in [0.2, 0.25) is 5.02 Å². The van der Waals surface area contributed by atoms with Crippen LogP contribution in [0.15, 0.2) is 23.2 Å². The highest BCUT2D eigenvalue weighted by Crippen LogP contribution is 2.44. The van der Waals surface area contributed by atoms with Gasteiger partial charge < -0.3 is 20.3 Å². The molecule has 2 N–H and O–H groups in total. The van der Waals surface area contributed by atoms with E-state index in [1.54, 1.807) is 12.1 Å².